The van der Waals surface area contributed by atoms with Crippen LogP contribution >= 0.6 is 0 Å². The Morgan fingerprint density at radius 1 is 1.16 bits per heavy atom. The molecule has 1 saturated carbocycles. The zero-order valence-corrected chi connectivity index (χ0v) is 12.4. The van der Waals surface area contributed by atoms with Gasteiger partial charge in [0.1, 0.15) is 5.75 Å². The summed E-state index contributed by atoms with van der Waals surface area (Å²) >= 11 is 0. The highest BCUT2D eigenvalue weighted by atomic mass is 16.5. The lowest BCUT2D eigenvalue weighted by Crippen LogP contribution is -2.28. The lowest BCUT2D eigenvalue weighted by atomic mass is 9.80. The molecule has 0 radical (unpaired) electrons. The van der Waals surface area contributed by atoms with E-state index in [0.29, 0.717) is 6.10 Å². The van der Waals surface area contributed by atoms with E-state index in [4.69, 9.17) is 10.5 Å². The highest BCUT2D eigenvalue weighted by Gasteiger charge is 2.25. The van der Waals surface area contributed by atoms with Crippen LogP contribution < -0.4 is 10.5 Å². The second-order valence-electron chi connectivity index (χ2n) is 6.09. The SMILES string of the molecule is CC[C@H](N)c1ccc(OC2CCC(C)C(C)C2)cc1. The summed E-state index contributed by atoms with van der Waals surface area (Å²) in [6.45, 7) is 6.80. The van der Waals surface area contributed by atoms with Gasteiger partial charge in [0.2, 0.25) is 0 Å². The smallest absolute Gasteiger partial charge is 0.119 e. The number of ether oxygens (including phenoxy) is 1. The first-order valence-corrected chi connectivity index (χ1v) is 7.62. The molecule has 19 heavy (non-hydrogen) atoms. The Morgan fingerprint density at radius 2 is 1.84 bits per heavy atom. The van der Waals surface area contributed by atoms with Crippen LogP contribution in [0.2, 0.25) is 0 Å². The summed E-state index contributed by atoms with van der Waals surface area (Å²) in [4.78, 5) is 0. The van der Waals surface area contributed by atoms with Crippen LogP contribution in [0.1, 0.15) is 58.1 Å². The lowest BCUT2D eigenvalue weighted by Gasteiger charge is -2.32. The van der Waals surface area contributed by atoms with Crippen molar-refractivity contribution in [3.8, 4) is 5.75 Å². The highest BCUT2D eigenvalue weighted by molar-refractivity contribution is 5.29. The molecule has 1 fully saturated rings. The Kier molecular flexibility index (Phi) is 4.87. The molecule has 0 saturated heterocycles. The molecule has 0 spiro atoms. The molecule has 1 aliphatic rings. The summed E-state index contributed by atoms with van der Waals surface area (Å²) in [6, 6.07) is 8.46. The average molecular weight is 261 g/mol. The Hall–Kier alpha value is -1.02. The van der Waals surface area contributed by atoms with Gasteiger partial charge in [-0.15, -0.1) is 0 Å². The van der Waals surface area contributed by atoms with E-state index in [1.807, 2.05) is 0 Å². The van der Waals surface area contributed by atoms with E-state index in [-0.39, 0.29) is 6.04 Å². The number of benzene rings is 1. The van der Waals surface area contributed by atoms with Crippen LogP contribution in [0.3, 0.4) is 0 Å². The van der Waals surface area contributed by atoms with Crippen LogP contribution in [0, 0.1) is 11.8 Å². The third kappa shape index (κ3) is 3.73. The minimum Gasteiger partial charge on any atom is -0.490 e. The molecular formula is C17H27NO. The lowest BCUT2D eigenvalue weighted by molar-refractivity contribution is 0.101. The van der Waals surface area contributed by atoms with Crippen LogP contribution in [0.15, 0.2) is 24.3 Å². The molecule has 3 unspecified atom stereocenters. The third-order valence-corrected chi connectivity index (χ3v) is 4.60. The standard InChI is InChI=1S/C17H27NO/c1-4-17(18)14-6-9-15(10-7-14)19-16-8-5-12(2)13(3)11-16/h6-7,9-10,12-13,16-17H,4-5,8,11,18H2,1-3H3/t12?,13?,16?,17-/m0/s1. The summed E-state index contributed by atoms with van der Waals surface area (Å²) in [6.07, 6.45) is 5.00. The van der Waals surface area contributed by atoms with Gasteiger partial charge in [-0.05, 0) is 55.2 Å². The van der Waals surface area contributed by atoms with Gasteiger partial charge in [-0.2, -0.15) is 0 Å². The molecular weight excluding hydrogens is 234 g/mol. The van der Waals surface area contributed by atoms with E-state index in [2.05, 4.69) is 45.0 Å². The van der Waals surface area contributed by atoms with Gasteiger partial charge < -0.3 is 10.5 Å². The van der Waals surface area contributed by atoms with Crippen LogP contribution in [0.25, 0.3) is 0 Å². The Morgan fingerprint density at radius 3 is 2.42 bits per heavy atom. The maximum Gasteiger partial charge on any atom is 0.119 e. The Bertz CT molecular complexity index is 387. The molecule has 1 aromatic carbocycles. The monoisotopic (exact) mass is 261 g/mol. The van der Waals surface area contributed by atoms with Crippen LogP contribution in [-0.4, -0.2) is 6.10 Å². The van der Waals surface area contributed by atoms with Gasteiger partial charge >= 0.3 is 0 Å². The maximum absolute atomic E-state index is 6.10. The summed E-state index contributed by atoms with van der Waals surface area (Å²) < 4.78 is 6.10. The first kappa shape index (κ1) is 14.4. The molecule has 4 atom stereocenters. The first-order chi connectivity index (χ1) is 9.10. The topological polar surface area (TPSA) is 35.2 Å². The number of rotatable bonds is 4. The van der Waals surface area contributed by atoms with Gasteiger partial charge in [-0.1, -0.05) is 32.9 Å². The predicted molar refractivity (Wildman–Crippen MR) is 80.3 cm³/mol. The molecule has 0 aromatic heterocycles. The van der Waals surface area contributed by atoms with E-state index in [9.17, 15) is 0 Å². The second-order valence-corrected chi connectivity index (χ2v) is 6.09. The van der Waals surface area contributed by atoms with E-state index in [0.717, 1.165) is 24.0 Å². The number of hydrogen-bond donors (Lipinski definition) is 1. The summed E-state index contributed by atoms with van der Waals surface area (Å²) in [7, 11) is 0. The molecule has 1 aromatic rings. The van der Waals surface area contributed by atoms with Gasteiger partial charge in [0, 0.05) is 6.04 Å². The molecule has 2 heteroatoms. The van der Waals surface area contributed by atoms with Gasteiger partial charge in [0.25, 0.3) is 0 Å². The van der Waals surface area contributed by atoms with Crippen molar-refractivity contribution in [2.24, 2.45) is 17.6 Å². The number of hydrogen-bond acceptors (Lipinski definition) is 2. The quantitative estimate of drug-likeness (QED) is 0.877. The third-order valence-electron chi connectivity index (χ3n) is 4.60. The fourth-order valence-electron chi connectivity index (χ4n) is 2.83. The van der Waals surface area contributed by atoms with Crippen molar-refractivity contribution in [2.45, 2.75) is 58.6 Å². The predicted octanol–water partition coefficient (Wildman–Crippen LogP) is 4.30. The van der Waals surface area contributed by atoms with E-state index >= 15 is 0 Å². The van der Waals surface area contributed by atoms with Crippen molar-refractivity contribution in [3.63, 3.8) is 0 Å². The second kappa shape index (κ2) is 6.42. The Labute approximate surface area is 117 Å². The zero-order valence-electron chi connectivity index (χ0n) is 12.4. The van der Waals surface area contributed by atoms with Crippen molar-refractivity contribution >= 4 is 0 Å². The van der Waals surface area contributed by atoms with Gasteiger partial charge in [-0.25, -0.2) is 0 Å². The van der Waals surface area contributed by atoms with E-state index in [1.54, 1.807) is 0 Å². The molecule has 106 valence electrons. The van der Waals surface area contributed by atoms with Crippen LogP contribution in [0.4, 0.5) is 0 Å². The molecule has 0 bridgehead atoms. The number of nitrogens with two attached hydrogens (primary N) is 1. The van der Waals surface area contributed by atoms with Gasteiger partial charge in [0.15, 0.2) is 0 Å². The van der Waals surface area contributed by atoms with E-state index in [1.165, 1.54) is 24.8 Å². The van der Waals surface area contributed by atoms with E-state index < -0.39 is 0 Å². The molecule has 0 aliphatic heterocycles. The van der Waals surface area contributed by atoms with Crippen molar-refractivity contribution in [1.29, 1.82) is 0 Å². The van der Waals surface area contributed by atoms with Crippen molar-refractivity contribution in [2.75, 3.05) is 0 Å². The molecule has 0 heterocycles. The molecule has 2 nitrogen and oxygen atoms in total. The van der Waals surface area contributed by atoms with Crippen molar-refractivity contribution < 1.29 is 4.74 Å². The fourth-order valence-corrected chi connectivity index (χ4v) is 2.83. The first-order valence-electron chi connectivity index (χ1n) is 7.62. The normalized spacial score (nSPS) is 28.9. The highest BCUT2D eigenvalue weighted by Crippen LogP contribution is 2.32. The Balaban J connectivity index is 1.93. The molecule has 2 rings (SSSR count). The summed E-state index contributed by atoms with van der Waals surface area (Å²) in [5, 5.41) is 0. The van der Waals surface area contributed by atoms with Crippen LogP contribution in [-0.2, 0) is 0 Å². The summed E-state index contributed by atoms with van der Waals surface area (Å²) in [5.41, 5.74) is 7.22. The molecule has 2 N–H and O–H groups in total. The van der Waals surface area contributed by atoms with Crippen LogP contribution in [0.5, 0.6) is 5.75 Å². The van der Waals surface area contributed by atoms with Gasteiger partial charge in [0.05, 0.1) is 6.10 Å². The van der Waals surface area contributed by atoms with Gasteiger partial charge in [-0.3, -0.25) is 0 Å². The summed E-state index contributed by atoms with van der Waals surface area (Å²) in [5.74, 6) is 2.59. The molecule has 0 amide bonds. The maximum atomic E-state index is 6.10. The molecule has 1 aliphatic carbocycles. The largest absolute Gasteiger partial charge is 0.490 e. The fraction of sp³-hybridized carbons (Fsp3) is 0.647. The zero-order chi connectivity index (χ0) is 13.8. The minimum atomic E-state index is 0.143. The van der Waals surface area contributed by atoms with Crippen molar-refractivity contribution in [1.82, 2.24) is 0 Å². The average Bonchev–Trinajstić information content (AvgIpc) is 2.43. The minimum absolute atomic E-state index is 0.143. The van der Waals surface area contributed by atoms with Crippen molar-refractivity contribution in [3.05, 3.63) is 29.8 Å².